The summed E-state index contributed by atoms with van der Waals surface area (Å²) < 4.78 is 24.1. The summed E-state index contributed by atoms with van der Waals surface area (Å²) in [5, 5.41) is 8.40. The molecule has 2 aromatic carbocycles. The van der Waals surface area contributed by atoms with Crippen molar-refractivity contribution in [1.29, 1.82) is 0 Å². The molecule has 9 nitrogen and oxygen atoms in total. The molecule has 1 aliphatic heterocycles. The first-order valence-corrected chi connectivity index (χ1v) is 11.8. The number of carbonyl (C=O) groups excluding carboxylic acids is 3. The van der Waals surface area contributed by atoms with E-state index in [9.17, 15) is 18.8 Å². The minimum atomic E-state index is -0.583. The van der Waals surface area contributed by atoms with Crippen LogP contribution in [0, 0.1) is 5.82 Å². The van der Waals surface area contributed by atoms with Crippen molar-refractivity contribution >= 4 is 35.1 Å². The van der Waals surface area contributed by atoms with Gasteiger partial charge in [0.05, 0.1) is 31.0 Å². The average Bonchev–Trinajstić information content (AvgIpc) is 3.47. The number of carbonyl (C=O) groups is 3. The zero-order valence-corrected chi connectivity index (χ0v) is 20.0. The van der Waals surface area contributed by atoms with Crippen LogP contribution in [-0.2, 0) is 27.4 Å². The van der Waals surface area contributed by atoms with Crippen molar-refractivity contribution in [3.8, 4) is 11.1 Å². The molecule has 35 heavy (non-hydrogen) atoms. The third kappa shape index (κ3) is 5.99. The number of hydrogen-bond donors (Lipinski definition) is 1. The molecular formula is C24H24FN5O4S. The molecule has 1 fully saturated rings. The maximum absolute atomic E-state index is 15.0. The minimum absolute atomic E-state index is 0.0801. The Hall–Kier alpha value is -3.86. The number of ether oxygens (including phenoxy) is 1. The van der Waals surface area contributed by atoms with Gasteiger partial charge in [-0.25, -0.2) is 9.18 Å². The summed E-state index contributed by atoms with van der Waals surface area (Å²) in [6, 6.07) is 11.9. The lowest BCUT2D eigenvalue weighted by Gasteiger charge is -2.20. The molecule has 0 saturated carbocycles. The van der Waals surface area contributed by atoms with Crippen molar-refractivity contribution in [1.82, 2.24) is 19.8 Å². The van der Waals surface area contributed by atoms with E-state index < -0.39 is 18.0 Å². The van der Waals surface area contributed by atoms with E-state index in [1.165, 1.54) is 36.3 Å². The maximum atomic E-state index is 15.0. The molecule has 182 valence electrons. The van der Waals surface area contributed by atoms with Crippen LogP contribution in [0.25, 0.3) is 11.1 Å². The molecular weight excluding hydrogens is 473 g/mol. The van der Waals surface area contributed by atoms with Gasteiger partial charge in [0.25, 0.3) is 0 Å². The molecule has 0 aliphatic carbocycles. The lowest BCUT2D eigenvalue weighted by atomic mass is 10.0. The van der Waals surface area contributed by atoms with E-state index in [-0.39, 0.29) is 24.9 Å². The van der Waals surface area contributed by atoms with Crippen LogP contribution in [0.5, 0.6) is 0 Å². The van der Waals surface area contributed by atoms with Crippen molar-refractivity contribution in [2.45, 2.75) is 33.0 Å². The molecule has 2 heterocycles. The Bertz CT molecular complexity index is 1220. The molecule has 4 rings (SSSR count). The van der Waals surface area contributed by atoms with Crippen molar-refractivity contribution in [2.75, 3.05) is 18.0 Å². The summed E-state index contributed by atoms with van der Waals surface area (Å²) in [5.41, 5.74) is 3.07. The van der Waals surface area contributed by atoms with Gasteiger partial charge in [0, 0.05) is 31.3 Å². The first-order valence-electron chi connectivity index (χ1n) is 10.9. The number of rotatable bonds is 8. The first kappa shape index (κ1) is 24.3. The fraction of sp³-hybridized carbons (Fsp3) is 0.292. The van der Waals surface area contributed by atoms with E-state index in [2.05, 4.69) is 14.9 Å². The first-order chi connectivity index (χ1) is 16.8. The van der Waals surface area contributed by atoms with Gasteiger partial charge in [-0.15, -0.1) is 5.10 Å². The van der Waals surface area contributed by atoms with E-state index in [1.807, 2.05) is 12.1 Å². The summed E-state index contributed by atoms with van der Waals surface area (Å²) in [6.45, 7) is 4.07. The van der Waals surface area contributed by atoms with Gasteiger partial charge < -0.3 is 15.0 Å². The number of hydrogen-bond acceptors (Lipinski definition) is 7. The number of benzene rings is 2. The number of halogens is 1. The van der Waals surface area contributed by atoms with Gasteiger partial charge in [-0.3, -0.25) is 14.5 Å². The highest BCUT2D eigenvalue weighted by Crippen LogP contribution is 2.29. The number of aromatic nitrogens is 2. The fourth-order valence-electron chi connectivity index (χ4n) is 3.74. The lowest BCUT2D eigenvalue weighted by molar-refractivity contribution is -0.130. The molecule has 1 N–H and O–H groups in total. The lowest BCUT2D eigenvalue weighted by Crippen LogP contribution is -2.33. The van der Waals surface area contributed by atoms with Crippen molar-refractivity contribution in [3.63, 3.8) is 0 Å². The number of cyclic esters (lactones) is 1. The van der Waals surface area contributed by atoms with E-state index in [4.69, 9.17) is 4.74 Å². The van der Waals surface area contributed by atoms with Gasteiger partial charge in [0.2, 0.25) is 11.8 Å². The van der Waals surface area contributed by atoms with Gasteiger partial charge in [0.15, 0.2) is 0 Å². The predicted molar refractivity (Wildman–Crippen MR) is 128 cm³/mol. The number of nitrogens with one attached hydrogen (secondary N) is 1. The molecule has 0 bridgehead atoms. The topological polar surface area (TPSA) is 105 Å². The largest absolute Gasteiger partial charge is 0.442 e. The summed E-state index contributed by atoms with van der Waals surface area (Å²) in [7, 11) is 0. The van der Waals surface area contributed by atoms with Crippen LogP contribution in [0.1, 0.15) is 25.1 Å². The summed E-state index contributed by atoms with van der Waals surface area (Å²) in [6.07, 6.45) is -1.08. The molecule has 0 spiro atoms. The van der Waals surface area contributed by atoms with Crippen LogP contribution >= 0.6 is 11.5 Å². The quantitative estimate of drug-likeness (QED) is 0.512. The molecule has 1 unspecified atom stereocenters. The summed E-state index contributed by atoms with van der Waals surface area (Å²) >= 11 is 1.23. The highest BCUT2D eigenvalue weighted by Gasteiger charge is 2.32. The van der Waals surface area contributed by atoms with Crippen LogP contribution in [0.3, 0.4) is 0 Å². The van der Waals surface area contributed by atoms with Crippen LogP contribution in [0.2, 0.25) is 0 Å². The standard InChI is InChI=1S/C24H24FN5O4S/c1-15(31)26-10-21-13-30(24(33)34-21)20-7-8-22(23(25)9-20)18-5-3-17(4-6-18)11-29(16(2)32)12-19-14-35-28-27-19/h3-9,14,21H,10-13H2,1-2H3,(H,26,31). The smallest absolute Gasteiger partial charge is 0.414 e. The second kappa shape index (κ2) is 10.6. The second-order valence-corrected chi connectivity index (χ2v) is 8.80. The van der Waals surface area contributed by atoms with Gasteiger partial charge in [-0.2, -0.15) is 0 Å². The average molecular weight is 498 g/mol. The monoisotopic (exact) mass is 497 g/mol. The Balaban J connectivity index is 1.43. The number of nitrogens with zero attached hydrogens (tertiary/aromatic N) is 4. The molecule has 1 atom stereocenters. The molecule has 1 aromatic heterocycles. The Morgan fingerprint density at radius 1 is 1.20 bits per heavy atom. The van der Waals surface area contributed by atoms with E-state index in [1.54, 1.807) is 34.5 Å². The van der Waals surface area contributed by atoms with Crippen LogP contribution in [0.4, 0.5) is 14.9 Å². The highest BCUT2D eigenvalue weighted by atomic mass is 32.1. The molecule has 3 amide bonds. The Morgan fingerprint density at radius 3 is 2.60 bits per heavy atom. The molecule has 11 heteroatoms. The van der Waals surface area contributed by atoms with Gasteiger partial charge in [0.1, 0.15) is 11.9 Å². The number of anilines is 1. The van der Waals surface area contributed by atoms with Crippen LogP contribution in [-0.4, -0.2) is 51.6 Å². The molecule has 1 saturated heterocycles. The zero-order valence-electron chi connectivity index (χ0n) is 19.2. The SMILES string of the molecule is CC(=O)NCC1CN(c2ccc(-c3ccc(CN(Cc4csnn4)C(C)=O)cc3)c(F)c2)C(=O)O1. The van der Waals surface area contributed by atoms with Crippen molar-refractivity contribution in [3.05, 3.63) is 64.9 Å². The van der Waals surface area contributed by atoms with Gasteiger partial charge in [-0.05, 0) is 40.9 Å². The normalized spacial score (nSPS) is 15.1. The molecule has 3 aromatic rings. The molecule has 0 radical (unpaired) electrons. The van der Waals surface area contributed by atoms with Crippen molar-refractivity contribution in [2.24, 2.45) is 0 Å². The Kier molecular flexibility index (Phi) is 7.35. The van der Waals surface area contributed by atoms with Crippen molar-refractivity contribution < 1.29 is 23.5 Å². The Labute approximate surface area is 205 Å². The van der Waals surface area contributed by atoms with E-state index >= 15 is 0 Å². The fourth-order valence-corrected chi connectivity index (χ4v) is 4.18. The summed E-state index contributed by atoms with van der Waals surface area (Å²) in [4.78, 5) is 38.3. The van der Waals surface area contributed by atoms with Gasteiger partial charge >= 0.3 is 6.09 Å². The van der Waals surface area contributed by atoms with E-state index in [0.717, 1.165) is 11.3 Å². The highest BCUT2D eigenvalue weighted by molar-refractivity contribution is 7.03. The van der Waals surface area contributed by atoms with E-state index in [0.29, 0.717) is 29.9 Å². The molecule has 1 aliphatic rings. The second-order valence-electron chi connectivity index (χ2n) is 8.19. The van der Waals surface area contributed by atoms with Crippen LogP contribution < -0.4 is 10.2 Å². The maximum Gasteiger partial charge on any atom is 0.414 e. The van der Waals surface area contributed by atoms with Gasteiger partial charge in [-0.1, -0.05) is 28.8 Å². The summed E-state index contributed by atoms with van der Waals surface area (Å²) in [5.74, 6) is -0.773. The number of amides is 3. The predicted octanol–water partition coefficient (Wildman–Crippen LogP) is 3.35. The third-order valence-electron chi connectivity index (χ3n) is 5.56. The van der Waals surface area contributed by atoms with Crippen LogP contribution in [0.15, 0.2) is 47.8 Å². The Morgan fingerprint density at radius 2 is 1.97 bits per heavy atom. The minimum Gasteiger partial charge on any atom is -0.442 e. The zero-order chi connectivity index (χ0) is 24.9. The third-order valence-corrected chi connectivity index (χ3v) is 6.11.